The number of sulfonamides is 1. The second-order valence-electron chi connectivity index (χ2n) is 6.40. The molecular weight excluding hydrogens is 322 g/mol. The summed E-state index contributed by atoms with van der Waals surface area (Å²) in [5, 5.41) is 10.9. The molecule has 0 saturated carbocycles. The number of hydrogen-bond acceptors (Lipinski definition) is 3. The fraction of sp³-hybridized carbons (Fsp3) is 0.389. The molecule has 6 heteroatoms. The Bertz CT molecular complexity index is 865. The van der Waals surface area contributed by atoms with Gasteiger partial charge in [-0.1, -0.05) is 30.3 Å². The number of quaternary nitrogens is 1. The first-order chi connectivity index (χ1) is 11.5. The van der Waals surface area contributed by atoms with Crippen LogP contribution in [0.2, 0.25) is 0 Å². The zero-order valence-electron chi connectivity index (χ0n) is 13.8. The lowest BCUT2D eigenvalue weighted by atomic mass is 10.1. The van der Waals surface area contributed by atoms with Crippen LogP contribution in [0.4, 0.5) is 0 Å². The summed E-state index contributed by atoms with van der Waals surface area (Å²) < 4.78 is 27.3. The van der Waals surface area contributed by atoms with E-state index in [0.29, 0.717) is 18.0 Å². The zero-order chi connectivity index (χ0) is 17.2. The molecule has 0 aromatic heterocycles. The van der Waals surface area contributed by atoms with Crippen molar-refractivity contribution in [1.82, 2.24) is 4.31 Å². The van der Waals surface area contributed by atoms with Crippen LogP contribution in [0.3, 0.4) is 0 Å². The van der Waals surface area contributed by atoms with Crippen molar-refractivity contribution in [3.63, 3.8) is 0 Å². The molecular formula is C18H22N3O2S+. The summed E-state index contributed by atoms with van der Waals surface area (Å²) >= 11 is 0. The molecule has 5 nitrogen and oxygen atoms in total. The summed E-state index contributed by atoms with van der Waals surface area (Å²) in [4.78, 5) is 1.66. The lowest BCUT2D eigenvalue weighted by Crippen LogP contribution is -3.15. The van der Waals surface area contributed by atoms with Crippen molar-refractivity contribution in [1.29, 1.82) is 5.26 Å². The molecule has 1 saturated heterocycles. The van der Waals surface area contributed by atoms with Crippen molar-refractivity contribution in [3.8, 4) is 6.07 Å². The van der Waals surface area contributed by atoms with Gasteiger partial charge in [0.1, 0.15) is 0 Å². The van der Waals surface area contributed by atoms with Gasteiger partial charge in [0.05, 0.1) is 49.6 Å². The van der Waals surface area contributed by atoms with Crippen LogP contribution in [0.1, 0.15) is 6.92 Å². The molecule has 0 aliphatic carbocycles. The predicted molar refractivity (Wildman–Crippen MR) is 93.0 cm³/mol. The van der Waals surface area contributed by atoms with Gasteiger partial charge in [0.25, 0.3) is 0 Å². The molecule has 0 bridgehead atoms. The third-order valence-corrected chi connectivity index (χ3v) is 6.50. The first-order valence-corrected chi connectivity index (χ1v) is 9.67. The third kappa shape index (κ3) is 3.44. The van der Waals surface area contributed by atoms with Gasteiger partial charge in [0.2, 0.25) is 10.0 Å². The number of benzene rings is 2. The minimum atomic E-state index is -3.46. The van der Waals surface area contributed by atoms with Crippen molar-refractivity contribution >= 4 is 20.8 Å². The van der Waals surface area contributed by atoms with Crippen LogP contribution < -0.4 is 4.90 Å². The van der Waals surface area contributed by atoms with E-state index in [1.165, 1.54) is 4.90 Å². The minimum Gasteiger partial charge on any atom is -0.332 e. The van der Waals surface area contributed by atoms with Gasteiger partial charge in [0.15, 0.2) is 0 Å². The van der Waals surface area contributed by atoms with Gasteiger partial charge in [-0.2, -0.15) is 9.57 Å². The van der Waals surface area contributed by atoms with Gasteiger partial charge in [-0.25, -0.2) is 8.42 Å². The Kier molecular flexibility index (Phi) is 4.86. The van der Waals surface area contributed by atoms with Gasteiger partial charge >= 0.3 is 0 Å². The fourth-order valence-corrected chi connectivity index (χ4v) is 4.68. The summed E-state index contributed by atoms with van der Waals surface area (Å²) in [6.45, 7) is 5.19. The summed E-state index contributed by atoms with van der Waals surface area (Å²) in [6, 6.07) is 15.3. The van der Waals surface area contributed by atoms with Gasteiger partial charge in [-0.15, -0.1) is 0 Å². The first-order valence-electron chi connectivity index (χ1n) is 8.23. The number of fused-ring (bicyclic) bond motifs is 1. The highest BCUT2D eigenvalue weighted by atomic mass is 32.2. The lowest BCUT2D eigenvalue weighted by molar-refractivity contribution is -0.905. The average Bonchev–Trinajstić information content (AvgIpc) is 2.61. The predicted octanol–water partition coefficient (Wildman–Crippen LogP) is 0.889. The van der Waals surface area contributed by atoms with Crippen LogP contribution in [0.25, 0.3) is 10.8 Å². The minimum absolute atomic E-state index is 0.00337. The molecule has 1 fully saturated rings. The van der Waals surface area contributed by atoms with E-state index in [1.54, 1.807) is 16.4 Å². The van der Waals surface area contributed by atoms with E-state index in [1.807, 2.05) is 37.3 Å². The topological polar surface area (TPSA) is 65.6 Å². The Balaban J connectivity index is 1.75. The van der Waals surface area contributed by atoms with Gasteiger partial charge in [0, 0.05) is 0 Å². The summed E-state index contributed by atoms with van der Waals surface area (Å²) in [7, 11) is -3.46. The monoisotopic (exact) mass is 344 g/mol. The van der Waals surface area contributed by atoms with E-state index in [9.17, 15) is 8.42 Å². The molecule has 126 valence electrons. The van der Waals surface area contributed by atoms with E-state index in [0.717, 1.165) is 30.4 Å². The maximum Gasteiger partial charge on any atom is 0.243 e. The molecule has 1 heterocycles. The summed E-state index contributed by atoms with van der Waals surface area (Å²) in [5.41, 5.74) is 0. The quantitative estimate of drug-likeness (QED) is 0.896. The van der Waals surface area contributed by atoms with E-state index < -0.39 is 10.0 Å². The fourth-order valence-electron chi connectivity index (χ4n) is 3.20. The number of nitrogens with one attached hydrogen (secondary N) is 1. The second-order valence-corrected chi connectivity index (χ2v) is 8.34. The number of hydrogen-bond donors (Lipinski definition) is 1. The molecule has 3 rings (SSSR count). The maximum absolute atomic E-state index is 12.9. The maximum atomic E-state index is 12.9. The van der Waals surface area contributed by atoms with E-state index in [-0.39, 0.29) is 5.92 Å². The molecule has 1 atom stereocenters. The van der Waals surface area contributed by atoms with Crippen molar-refractivity contribution in [2.45, 2.75) is 11.8 Å². The molecule has 2 aromatic rings. The largest absolute Gasteiger partial charge is 0.332 e. The lowest BCUT2D eigenvalue weighted by Gasteiger charge is -2.32. The van der Waals surface area contributed by atoms with Crippen LogP contribution in [0.5, 0.6) is 0 Å². The van der Waals surface area contributed by atoms with Crippen molar-refractivity contribution in [2.75, 3.05) is 32.7 Å². The number of nitrogens with zero attached hydrogens (tertiary/aromatic N) is 2. The second kappa shape index (κ2) is 6.89. The van der Waals surface area contributed by atoms with Crippen LogP contribution in [0.15, 0.2) is 47.4 Å². The molecule has 1 aliphatic heterocycles. The Labute approximate surface area is 143 Å². The van der Waals surface area contributed by atoms with Gasteiger partial charge in [-0.3, -0.25) is 0 Å². The Hall–Kier alpha value is -1.94. The SMILES string of the molecule is C[C@@H](C#N)C[NH+]1CCN(S(=O)(=O)c2ccc3ccccc3c2)CC1. The zero-order valence-corrected chi connectivity index (χ0v) is 14.6. The van der Waals surface area contributed by atoms with Gasteiger partial charge < -0.3 is 4.90 Å². The number of piperazine rings is 1. The molecule has 1 aliphatic rings. The summed E-state index contributed by atoms with van der Waals surface area (Å²) in [6.07, 6.45) is 0. The molecule has 2 aromatic carbocycles. The van der Waals surface area contributed by atoms with Crippen molar-refractivity contribution in [2.24, 2.45) is 5.92 Å². The Morgan fingerprint density at radius 3 is 2.50 bits per heavy atom. The average molecular weight is 344 g/mol. The van der Waals surface area contributed by atoms with E-state index in [2.05, 4.69) is 6.07 Å². The first kappa shape index (κ1) is 16.9. The number of nitriles is 1. The van der Waals surface area contributed by atoms with E-state index >= 15 is 0 Å². The van der Waals surface area contributed by atoms with Crippen LogP contribution in [-0.2, 0) is 10.0 Å². The standard InChI is InChI=1S/C18H21N3O2S/c1-15(13-19)14-20-8-10-21(11-9-20)24(22,23)18-7-6-16-4-2-3-5-17(16)12-18/h2-7,12,15H,8-11,14H2,1H3/p+1/t15-/m0/s1. The number of rotatable bonds is 4. The molecule has 0 spiro atoms. The van der Waals surface area contributed by atoms with Gasteiger partial charge in [-0.05, 0) is 29.8 Å². The van der Waals surface area contributed by atoms with Crippen LogP contribution >= 0.6 is 0 Å². The molecule has 24 heavy (non-hydrogen) atoms. The Morgan fingerprint density at radius 2 is 1.83 bits per heavy atom. The highest BCUT2D eigenvalue weighted by Crippen LogP contribution is 2.21. The summed E-state index contributed by atoms with van der Waals surface area (Å²) in [5.74, 6) is 0.00337. The molecule has 0 amide bonds. The molecule has 0 radical (unpaired) electrons. The third-order valence-electron chi connectivity index (χ3n) is 4.60. The van der Waals surface area contributed by atoms with Crippen molar-refractivity contribution in [3.05, 3.63) is 42.5 Å². The van der Waals surface area contributed by atoms with Crippen LogP contribution in [-0.4, -0.2) is 45.4 Å². The van der Waals surface area contributed by atoms with Crippen LogP contribution in [0, 0.1) is 17.2 Å². The highest BCUT2D eigenvalue weighted by molar-refractivity contribution is 7.89. The molecule has 1 N–H and O–H groups in total. The normalized spacial score (nSPS) is 18.3. The van der Waals surface area contributed by atoms with E-state index in [4.69, 9.17) is 5.26 Å². The van der Waals surface area contributed by atoms with Crippen molar-refractivity contribution < 1.29 is 13.3 Å². The molecule has 0 unspecified atom stereocenters. The Morgan fingerprint density at radius 1 is 1.17 bits per heavy atom. The smallest absolute Gasteiger partial charge is 0.243 e. The highest BCUT2D eigenvalue weighted by Gasteiger charge is 2.30.